The van der Waals surface area contributed by atoms with Gasteiger partial charge in [-0.1, -0.05) is 6.07 Å². The maximum Gasteiger partial charge on any atom is 0.274 e. The number of fused-ring (bicyclic) bond motifs is 1. The first-order valence-electron chi connectivity index (χ1n) is 8.91. The number of aromatic nitrogens is 2. The zero-order valence-electron chi connectivity index (χ0n) is 16.3. The van der Waals surface area contributed by atoms with E-state index in [1.54, 1.807) is 30.7 Å². The van der Waals surface area contributed by atoms with Gasteiger partial charge in [-0.15, -0.1) is 0 Å². The normalized spacial score (nSPS) is 10.7. The fraction of sp³-hybridized carbons (Fsp3) is 0.250. The third kappa shape index (κ3) is 3.67. The topological polar surface area (TPSA) is 96.8 Å². The van der Waals surface area contributed by atoms with Crippen LogP contribution in [0.15, 0.2) is 36.8 Å². The number of hydrogen-bond donors (Lipinski definition) is 3. The molecule has 8 nitrogen and oxygen atoms in total. The Morgan fingerprint density at radius 3 is 2.71 bits per heavy atom. The highest BCUT2D eigenvalue weighted by Gasteiger charge is 2.17. The minimum absolute atomic E-state index is 0.121. The number of anilines is 2. The second kappa shape index (κ2) is 8.10. The summed E-state index contributed by atoms with van der Waals surface area (Å²) in [6.07, 6.45) is 5.25. The third-order valence-corrected chi connectivity index (χ3v) is 4.47. The van der Waals surface area contributed by atoms with Crippen molar-refractivity contribution in [3.63, 3.8) is 0 Å². The van der Waals surface area contributed by atoms with Crippen molar-refractivity contribution < 1.29 is 14.4 Å². The first-order chi connectivity index (χ1) is 13.5. The van der Waals surface area contributed by atoms with Crippen molar-refractivity contribution in [2.75, 3.05) is 19.0 Å². The van der Waals surface area contributed by atoms with Gasteiger partial charge in [0.25, 0.3) is 11.8 Å². The molecule has 0 spiro atoms. The maximum atomic E-state index is 12.3. The summed E-state index contributed by atoms with van der Waals surface area (Å²) in [6, 6.07) is 5.30. The standard InChI is InChI=1S/C20H23N5O3/c1-5-21-20(27)15-11-25-9-8-22-18(17(25)13(15)3)23-16-10-14(7-6-12(16)2)19(26)24-28-4/h6-11H,5H2,1-4H3,(H,21,27)(H,22,23)(H,24,26). The molecule has 3 aromatic rings. The summed E-state index contributed by atoms with van der Waals surface area (Å²) in [7, 11) is 1.39. The molecule has 1 aromatic carbocycles. The molecule has 0 saturated heterocycles. The van der Waals surface area contributed by atoms with Gasteiger partial charge in [-0.25, -0.2) is 10.5 Å². The lowest BCUT2D eigenvalue weighted by Crippen LogP contribution is -2.22. The Hall–Kier alpha value is -3.39. The number of carbonyl (C=O) groups is 2. The number of benzene rings is 1. The van der Waals surface area contributed by atoms with Crippen LogP contribution in [0.2, 0.25) is 0 Å². The zero-order valence-corrected chi connectivity index (χ0v) is 16.3. The molecule has 3 rings (SSSR count). The average Bonchev–Trinajstić information content (AvgIpc) is 3.02. The monoisotopic (exact) mass is 381 g/mol. The molecule has 0 atom stereocenters. The summed E-state index contributed by atoms with van der Waals surface area (Å²) < 4.78 is 1.87. The van der Waals surface area contributed by atoms with Gasteiger partial charge < -0.3 is 15.0 Å². The van der Waals surface area contributed by atoms with E-state index in [4.69, 9.17) is 4.84 Å². The van der Waals surface area contributed by atoms with Crippen LogP contribution in [-0.4, -0.2) is 34.9 Å². The van der Waals surface area contributed by atoms with Crippen molar-refractivity contribution in [1.29, 1.82) is 0 Å². The Balaban J connectivity index is 2.02. The molecule has 0 bridgehead atoms. The van der Waals surface area contributed by atoms with Crippen LogP contribution in [0.1, 0.15) is 38.8 Å². The van der Waals surface area contributed by atoms with Crippen LogP contribution in [0.3, 0.4) is 0 Å². The van der Waals surface area contributed by atoms with Crippen LogP contribution in [0.5, 0.6) is 0 Å². The van der Waals surface area contributed by atoms with E-state index in [1.807, 2.05) is 31.2 Å². The number of carbonyl (C=O) groups excluding carboxylic acids is 2. The van der Waals surface area contributed by atoms with Gasteiger partial charge in [0.2, 0.25) is 0 Å². The van der Waals surface area contributed by atoms with E-state index in [2.05, 4.69) is 21.1 Å². The second-order valence-corrected chi connectivity index (χ2v) is 6.35. The van der Waals surface area contributed by atoms with Crippen molar-refractivity contribution in [1.82, 2.24) is 20.2 Å². The molecule has 2 amide bonds. The van der Waals surface area contributed by atoms with E-state index in [1.165, 1.54) is 7.11 Å². The van der Waals surface area contributed by atoms with Gasteiger partial charge in [-0.2, -0.15) is 0 Å². The van der Waals surface area contributed by atoms with Crippen molar-refractivity contribution in [3.8, 4) is 0 Å². The van der Waals surface area contributed by atoms with E-state index in [0.29, 0.717) is 23.5 Å². The van der Waals surface area contributed by atoms with Gasteiger partial charge in [-0.3, -0.25) is 14.4 Å². The Labute approximate surface area is 162 Å². The molecule has 28 heavy (non-hydrogen) atoms. The zero-order chi connectivity index (χ0) is 20.3. The summed E-state index contributed by atoms with van der Waals surface area (Å²) in [5, 5.41) is 6.12. The first kappa shape index (κ1) is 19.4. The van der Waals surface area contributed by atoms with Crippen molar-refractivity contribution in [2.45, 2.75) is 20.8 Å². The fourth-order valence-electron chi connectivity index (χ4n) is 3.03. The summed E-state index contributed by atoms with van der Waals surface area (Å²) >= 11 is 0. The lowest BCUT2D eigenvalue weighted by atomic mass is 10.1. The molecular formula is C20H23N5O3. The number of hydroxylamine groups is 1. The van der Waals surface area contributed by atoms with Gasteiger partial charge in [0, 0.05) is 36.4 Å². The number of nitrogens with one attached hydrogen (secondary N) is 3. The molecule has 2 heterocycles. The minimum atomic E-state index is -0.339. The molecule has 0 radical (unpaired) electrons. The van der Waals surface area contributed by atoms with E-state index in [-0.39, 0.29) is 11.8 Å². The van der Waals surface area contributed by atoms with E-state index in [9.17, 15) is 9.59 Å². The molecule has 0 unspecified atom stereocenters. The Bertz CT molecular complexity index is 1040. The maximum absolute atomic E-state index is 12.3. The number of hydrogen-bond acceptors (Lipinski definition) is 5. The molecule has 8 heteroatoms. The Morgan fingerprint density at radius 1 is 1.21 bits per heavy atom. The van der Waals surface area contributed by atoms with Gasteiger partial charge in [-0.05, 0) is 44.0 Å². The van der Waals surface area contributed by atoms with Crippen LogP contribution < -0.4 is 16.1 Å². The van der Waals surface area contributed by atoms with Crippen LogP contribution in [-0.2, 0) is 4.84 Å². The first-order valence-corrected chi connectivity index (χ1v) is 8.91. The van der Waals surface area contributed by atoms with E-state index < -0.39 is 0 Å². The summed E-state index contributed by atoms with van der Waals surface area (Å²) in [4.78, 5) is 33.5. The van der Waals surface area contributed by atoms with Crippen LogP contribution in [0.25, 0.3) is 5.52 Å². The molecular weight excluding hydrogens is 358 g/mol. The van der Waals surface area contributed by atoms with E-state index >= 15 is 0 Å². The molecule has 146 valence electrons. The molecule has 0 fully saturated rings. The quantitative estimate of drug-likeness (QED) is 0.571. The lowest BCUT2D eigenvalue weighted by Gasteiger charge is -2.12. The van der Waals surface area contributed by atoms with Gasteiger partial charge in [0.1, 0.15) is 0 Å². The summed E-state index contributed by atoms with van der Waals surface area (Å²) in [5.41, 5.74) is 6.68. The van der Waals surface area contributed by atoms with Crippen LogP contribution in [0, 0.1) is 13.8 Å². The Morgan fingerprint density at radius 2 is 2.00 bits per heavy atom. The molecule has 0 aliphatic heterocycles. The molecule has 2 aromatic heterocycles. The van der Waals surface area contributed by atoms with Gasteiger partial charge in [0.15, 0.2) is 5.82 Å². The molecule has 0 saturated carbocycles. The highest BCUT2D eigenvalue weighted by Crippen LogP contribution is 2.28. The van der Waals surface area contributed by atoms with Crippen molar-refractivity contribution >= 4 is 28.8 Å². The SMILES string of the molecule is CCNC(=O)c1cn2ccnc(Nc3cc(C(=O)NOC)ccc3C)c2c1C. The minimum Gasteiger partial charge on any atom is -0.352 e. The Kier molecular flexibility index (Phi) is 5.60. The van der Waals surface area contributed by atoms with Crippen molar-refractivity contribution in [3.05, 3.63) is 59.0 Å². The van der Waals surface area contributed by atoms with Crippen LogP contribution in [0.4, 0.5) is 11.5 Å². The fourth-order valence-corrected chi connectivity index (χ4v) is 3.03. The predicted octanol–water partition coefficient (Wildman–Crippen LogP) is 2.74. The largest absolute Gasteiger partial charge is 0.352 e. The molecule has 0 aliphatic rings. The van der Waals surface area contributed by atoms with Crippen LogP contribution >= 0.6 is 0 Å². The van der Waals surface area contributed by atoms with Gasteiger partial charge in [0.05, 0.1) is 18.2 Å². The number of amides is 2. The van der Waals surface area contributed by atoms with Crippen molar-refractivity contribution in [2.24, 2.45) is 0 Å². The number of aryl methyl sites for hydroxylation is 2. The highest BCUT2D eigenvalue weighted by atomic mass is 16.6. The average molecular weight is 381 g/mol. The van der Waals surface area contributed by atoms with Gasteiger partial charge >= 0.3 is 0 Å². The van der Waals surface area contributed by atoms with E-state index in [0.717, 1.165) is 22.3 Å². The molecule has 3 N–H and O–H groups in total. The summed E-state index contributed by atoms with van der Waals surface area (Å²) in [6.45, 7) is 6.27. The lowest BCUT2D eigenvalue weighted by molar-refractivity contribution is 0.0537. The third-order valence-electron chi connectivity index (χ3n) is 4.47. The highest BCUT2D eigenvalue weighted by molar-refractivity contribution is 5.99. The summed E-state index contributed by atoms with van der Waals surface area (Å²) in [5.74, 6) is 0.140. The predicted molar refractivity (Wildman–Crippen MR) is 107 cm³/mol. The second-order valence-electron chi connectivity index (χ2n) is 6.35. The number of rotatable bonds is 6. The number of nitrogens with zero attached hydrogens (tertiary/aromatic N) is 2. The molecule has 0 aliphatic carbocycles. The smallest absolute Gasteiger partial charge is 0.274 e.